The van der Waals surface area contributed by atoms with Crippen molar-refractivity contribution in [3.8, 4) is 0 Å². The maximum Gasteiger partial charge on any atom is 0.282 e. The topological polar surface area (TPSA) is 54.9 Å². The molecule has 0 unspecified atom stereocenters. The molecule has 0 spiro atoms. The number of rotatable bonds is 5. The van der Waals surface area contributed by atoms with Crippen LogP contribution in [0.1, 0.15) is 25.9 Å². The number of benzene rings is 3. The molecule has 144 valence electrons. The smallest absolute Gasteiger partial charge is 0.282 e. The number of carbonyl (C=O) groups excluding carboxylic acids is 1. The van der Waals surface area contributed by atoms with Gasteiger partial charge in [0.2, 0.25) is 5.01 Å². The van der Waals surface area contributed by atoms with Crippen LogP contribution in [-0.2, 0) is 6.54 Å². The number of hydrogen-bond acceptors (Lipinski definition) is 4. The van der Waals surface area contributed by atoms with Crippen molar-refractivity contribution in [1.29, 1.82) is 0 Å². The van der Waals surface area contributed by atoms with E-state index in [0.29, 0.717) is 10.0 Å². The fourth-order valence-electron chi connectivity index (χ4n) is 2.78. The van der Waals surface area contributed by atoms with Gasteiger partial charge in [0.25, 0.3) is 5.91 Å². The predicted octanol–water partition coefficient (Wildman–Crippen LogP) is 5.50. The van der Waals surface area contributed by atoms with Gasteiger partial charge in [-0.15, -0.1) is 10.2 Å². The normalized spacial score (nSPS) is 11.6. The molecule has 0 atom stereocenters. The highest BCUT2D eigenvalue weighted by molar-refractivity contribution is 7.15. The summed E-state index contributed by atoms with van der Waals surface area (Å²) in [5.41, 5.74) is 1.73. The monoisotopic (exact) mass is 423 g/mol. The molecule has 1 N–H and O–H groups in total. The maximum absolute atomic E-state index is 12.9. The van der Waals surface area contributed by atoms with Crippen LogP contribution in [-0.4, -0.2) is 16.1 Å². The van der Waals surface area contributed by atoms with Crippen LogP contribution < -0.4 is 5.32 Å². The summed E-state index contributed by atoms with van der Waals surface area (Å²) in [6.07, 6.45) is 1.80. The quantitative estimate of drug-likeness (QED) is 0.461. The second kappa shape index (κ2) is 8.51. The molecule has 0 aliphatic rings. The third-order valence-corrected chi connectivity index (χ3v) is 5.61. The molecule has 4 rings (SSSR count). The summed E-state index contributed by atoms with van der Waals surface area (Å²) in [5, 5.41) is 14.0. The summed E-state index contributed by atoms with van der Waals surface area (Å²) >= 11 is 7.51. The van der Waals surface area contributed by atoms with E-state index in [1.54, 1.807) is 18.2 Å². The maximum atomic E-state index is 12.9. The molecule has 0 aliphatic carbocycles. The van der Waals surface area contributed by atoms with E-state index < -0.39 is 0 Å². The van der Waals surface area contributed by atoms with E-state index in [1.165, 1.54) is 12.1 Å². The Morgan fingerprint density at radius 1 is 1.00 bits per heavy atom. The largest absolute Gasteiger partial charge is 0.346 e. The number of hydrogen-bond donors (Lipinski definition) is 1. The van der Waals surface area contributed by atoms with Gasteiger partial charge < -0.3 is 5.32 Å². The predicted molar refractivity (Wildman–Crippen MR) is 115 cm³/mol. The fourth-order valence-corrected chi connectivity index (χ4v) is 3.72. The summed E-state index contributed by atoms with van der Waals surface area (Å²) in [7, 11) is 0. The van der Waals surface area contributed by atoms with Crippen LogP contribution in [0.5, 0.6) is 0 Å². The second-order valence-corrected chi connectivity index (χ2v) is 7.71. The van der Waals surface area contributed by atoms with Gasteiger partial charge >= 0.3 is 0 Å². The van der Waals surface area contributed by atoms with Gasteiger partial charge in [0.1, 0.15) is 5.82 Å². The van der Waals surface area contributed by atoms with Gasteiger partial charge in [-0.2, -0.15) is 0 Å². The van der Waals surface area contributed by atoms with Crippen molar-refractivity contribution >= 4 is 50.7 Å². The van der Waals surface area contributed by atoms with Crippen molar-refractivity contribution in [2.75, 3.05) is 0 Å². The SMILES string of the molecule is O=C(NCc1ccc(F)cc1)c1nnc(/C(Cl)=C/c2ccc3ccccc3c2)s1. The van der Waals surface area contributed by atoms with Gasteiger partial charge in [0.05, 0.1) is 5.03 Å². The Morgan fingerprint density at radius 3 is 2.52 bits per heavy atom. The first-order chi connectivity index (χ1) is 14.1. The van der Waals surface area contributed by atoms with Gasteiger partial charge in [-0.3, -0.25) is 4.79 Å². The first kappa shape index (κ1) is 19.2. The Kier molecular flexibility index (Phi) is 5.64. The number of halogens is 2. The van der Waals surface area contributed by atoms with E-state index in [0.717, 1.165) is 33.2 Å². The van der Waals surface area contributed by atoms with Crippen molar-refractivity contribution in [3.05, 3.63) is 93.7 Å². The average molecular weight is 424 g/mol. The molecule has 0 saturated heterocycles. The van der Waals surface area contributed by atoms with E-state index in [2.05, 4.69) is 15.5 Å². The van der Waals surface area contributed by atoms with Crippen LogP contribution >= 0.6 is 22.9 Å². The Labute approximate surface area is 175 Å². The minimum absolute atomic E-state index is 0.215. The van der Waals surface area contributed by atoms with Gasteiger partial charge in [-0.1, -0.05) is 71.5 Å². The van der Waals surface area contributed by atoms with Crippen LogP contribution in [0.15, 0.2) is 66.7 Å². The fraction of sp³-hybridized carbons (Fsp3) is 0.0455. The molecule has 1 aromatic heterocycles. The van der Waals surface area contributed by atoms with Gasteiger partial charge in [0.15, 0.2) is 5.01 Å². The van der Waals surface area contributed by atoms with E-state index >= 15 is 0 Å². The molecular weight excluding hydrogens is 409 g/mol. The van der Waals surface area contributed by atoms with Crippen LogP contribution in [0, 0.1) is 5.82 Å². The molecular formula is C22H15ClFN3OS. The Morgan fingerprint density at radius 2 is 1.72 bits per heavy atom. The highest BCUT2D eigenvalue weighted by Gasteiger charge is 2.14. The van der Waals surface area contributed by atoms with Gasteiger partial charge in [-0.05, 0) is 46.2 Å². The van der Waals surface area contributed by atoms with Crippen molar-refractivity contribution < 1.29 is 9.18 Å². The average Bonchev–Trinajstić information content (AvgIpc) is 3.24. The van der Waals surface area contributed by atoms with Crippen molar-refractivity contribution in [2.45, 2.75) is 6.54 Å². The molecule has 1 amide bonds. The Hall–Kier alpha value is -3.09. The van der Waals surface area contributed by atoms with Crippen molar-refractivity contribution in [3.63, 3.8) is 0 Å². The van der Waals surface area contributed by atoms with Gasteiger partial charge in [-0.25, -0.2) is 4.39 Å². The number of amides is 1. The molecule has 0 bridgehead atoms. The third-order valence-electron chi connectivity index (χ3n) is 4.26. The number of nitrogens with one attached hydrogen (secondary N) is 1. The molecule has 0 radical (unpaired) electrons. The lowest BCUT2D eigenvalue weighted by Gasteiger charge is -2.02. The highest BCUT2D eigenvalue weighted by atomic mass is 35.5. The molecule has 0 fully saturated rings. The van der Waals surface area contributed by atoms with Crippen LogP contribution in [0.4, 0.5) is 4.39 Å². The minimum Gasteiger partial charge on any atom is -0.346 e. The van der Waals surface area contributed by atoms with E-state index in [4.69, 9.17) is 11.6 Å². The molecule has 1 heterocycles. The standard InChI is InChI=1S/C22H15ClFN3OS/c23-19(12-15-5-8-16-3-1-2-4-17(16)11-15)21-26-27-22(29-21)20(28)25-13-14-6-9-18(24)10-7-14/h1-12H,13H2,(H,25,28)/b19-12-. The summed E-state index contributed by atoms with van der Waals surface area (Å²) in [6, 6.07) is 20.0. The molecule has 3 aromatic carbocycles. The Balaban J connectivity index is 1.46. The first-order valence-corrected chi connectivity index (χ1v) is 10.0. The molecule has 7 heteroatoms. The summed E-state index contributed by atoms with van der Waals surface area (Å²) < 4.78 is 12.9. The number of fused-ring (bicyclic) bond motifs is 1. The van der Waals surface area contributed by atoms with E-state index in [1.807, 2.05) is 42.5 Å². The lowest BCUT2D eigenvalue weighted by molar-refractivity contribution is 0.0950. The van der Waals surface area contributed by atoms with Crippen LogP contribution in [0.3, 0.4) is 0 Å². The van der Waals surface area contributed by atoms with E-state index in [-0.39, 0.29) is 23.3 Å². The molecule has 0 aliphatic heterocycles. The summed E-state index contributed by atoms with van der Waals surface area (Å²) in [5.74, 6) is -0.671. The van der Waals surface area contributed by atoms with Crippen molar-refractivity contribution in [1.82, 2.24) is 15.5 Å². The summed E-state index contributed by atoms with van der Waals surface area (Å²) in [4.78, 5) is 12.3. The Bertz CT molecular complexity index is 1200. The first-order valence-electron chi connectivity index (χ1n) is 8.81. The van der Waals surface area contributed by atoms with E-state index in [9.17, 15) is 9.18 Å². The lowest BCUT2D eigenvalue weighted by Crippen LogP contribution is -2.22. The molecule has 29 heavy (non-hydrogen) atoms. The second-order valence-electron chi connectivity index (χ2n) is 6.32. The molecule has 4 nitrogen and oxygen atoms in total. The lowest BCUT2D eigenvalue weighted by atomic mass is 10.1. The van der Waals surface area contributed by atoms with Crippen LogP contribution in [0.2, 0.25) is 0 Å². The van der Waals surface area contributed by atoms with Gasteiger partial charge in [0, 0.05) is 6.54 Å². The third kappa shape index (κ3) is 4.67. The highest BCUT2D eigenvalue weighted by Crippen LogP contribution is 2.26. The molecule has 4 aromatic rings. The molecule has 0 saturated carbocycles. The van der Waals surface area contributed by atoms with Crippen LogP contribution in [0.25, 0.3) is 21.9 Å². The summed E-state index contributed by atoms with van der Waals surface area (Å²) in [6.45, 7) is 0.273. The van der Waals surface area contributed by atoms with Crippen molar-refractivity contribution in [2.24, 2.45) is 0 Å². The minimum atomic E-state index is -0.353. The zero-order valence-electron chi connectivity index (χ0n) is 15.1. The number of aromatic nitrogens is 2. The zero-order valence-corrected chi connectivity index (χ0v) is 16.7. The number of nitrogens with zero attached hydrogens (tertiary/aromatic N) is 2. The zero-order chi connectivity index (χ0) is 20.2. The number of carbonyl (C=O) groups is 1.